The van der Waals surface area contributed by atoms with Crippen molar-refractivity contribution in [3.8, 4) is 0 Å². The van der Waals surface area contributed by atoms with Crippen molar-refractivity contribution in [2.45, 2.75) is 18.4 Å². The number of carbonyl (C=O) groups excluding carboxylic acids is 1. The number of hydrogen-bond acceptors (Lipinski definition) is 4. The molecule has 8 heteroatoms. The zero-order chi connectivity index (χ0) is 20.3. The van der Waals surface area contributed by atoms with Crippen LogP contribution in [0.3, 0.4) is 0 Å². The molecule has 0 atom stereocenters. The van der Waals surface area contributed by atoms with Gasteiger partial charge in [-0.3, -0.25) is 4.79 Å². The summed E-state index contributed by atoms with van der Waals surface area (Å²) in [7, 11) is 3.83. The van der Waals surface area contributed by atoms with Crippen LogP contribution < -0.4 is 10.2 Å². The minimum absolute atomic E-state index is 0.530. The highest BCUT2D eigenvalue weighted by atomic mass is 79.9. The van der Waals surface area contributed by atoms with Gasteiger partial charge in [0.25, 0.3) is 5.91 Å². The van der Waals surface area contributed by atoms with Crippen LogP contribution in [0.15, 0.2) is 41.0 Å². The van der Waals surface area contributed by atoms with Gasteiger partial charge in [0, 0.05) is 30.3 Å². The number of nitrogens with zero attached hydrogens (tertiary/aromatic N) is 3. The highest BCUT2D eigenvalue weighted by molar-refractivity contribution is 9.10. The van der Waals surface area contributed by atoms with Gasteiger partial charge >= 0.3 is 0 Å². The van der Waals surface area contributed by atoms with E-state index in [1.807, 2.05) is 31.1 Å². The van der Waals surface area contributed by atoms with Crippen LogP contribution in [0.2, 0.25) is 0 Å². The second-order valence-corrected chi connectivity index (χ2v) is 8.31. The monoisotopic (exact) mass is 452 g/mol. The fourth-order valence-electron chi connectivity index (χ4n) is 3.66. The summed E-state index contributed by atoms with van der Waals surface area (Å²) in [4.78, 5) is 21.2. The summed E-state index contributed by atoms with van der Waals surface area (Å²) in [5.74, 6) is -1.55. The first-order chi connectivity index (χ1) is 13.3. The van der Waals surface area contributed by atoms with E-state index in [0.29, 0.717) is 32.5 Å². The van der Waals surface area contributed by atoms with E-state index in [-0.39, 0.29) is 0 Å². The van der Waals surface area contributed by atoms with Crippen LogP contribution in [0.1, 0.15) is 23.2 Å². The third-order valence-corrected chi connectivity index (χ3v) is 5.41. The molecule has 0 saturated carbocycles. The average molecular weight is 453 g/mol. The Morgan fingerprint density at radius 3 is 2.39 bits per heavy atom. The van der Waals surface area contributed by atoms with E-state index in [0.717, 1.165) is 22.4 Å². The van der Waals surface area contributed by atoms with E-state index in [2.05, 4.69) is 31.1 Å². The first kappa shape index (κ1) is 20.7. The molecule has 0 aliphatic carbocycles. The lowest BCUT2D eigenvalue weighted by Crippen LogP contribution is -2.60. The molecule has 1 amide bonds. The van der Waals surface area contributed by atoms with E-state index in [1.165, 1.54) is 6.07 Å². The van der Waals surface area contributed by atoms with Crippen LogP contribution in [-0.4, -0.2) is 55.1 Å². The van der Waals surface area contributed by atoms with Gasteiger partial charge in [-0.15, -0.1) is 0 Å². The number of hydrogen-bond donors (Lipinski definition) is 1. The summed E-state index contributed by atoms with van der Waals surface area (Å²) in [6.45, 7) is 1.95. The highest BCUT2D eigenvalue weighted by Gasteiger charge is 2.38. The molecule has 1 aromatic carbocycles. The minimum atomic E-state index is -0.853. The molecule has 2 aromatic rings. The molecule has 0 bridgehead atoms. The lowest BCUT2D eigenvalue weighted by Gasteiger charge is -2.44. The molecule has 2 heterocycles. The zero-order valence-electron chi connectivity index (χ0n) is 15.9. The van der Waals surface area contributed by atoms with Gasteiger partial charge in [0.05, 0.1) is 5.54 Å². The Bertz CT molecular complexity index is 816. The highest BCUT2D eigenvalue weighted by Crippen LogP contribution is 2.27. The van der Waals surface area contributed by atoms with Crippen molar-refractivity contribution in [2.75, 3.05) is 38.6 Å². The molecule has 1 fully saturated rings. The summed E-state index contributed by atoms with van der Waals surface area (Å²) < 4.78 is 29.0. The summed E-state index contributed by atoms with van der Waals surface area (Å²) >= 11 is 3.38. The molecular formula is C20H23BrF2N4O. The third-order valence-electron chi connectivity index (χ3n) is 4.94. The summed E-state index contributed by atoms with van der Waals surface area (Å²) in [5.41, 5.74) is -1.10. The summed E-state index contributed by atoms with van der Waals surface area (Å²) in [5, 5.41) is 2.93. The van der Waals surface area contributed by atoms with Crippen molar-refractivity contribution < 1.29 is 13.6 Å². The fourth-order valence-corrected chi connectivity index (χ4v) is 3.90. The number of piperidine rings is 1. The maximum atomic E-state index is 14.0. The number of rotatable bonds is 5. The molecule has 1 N–H and O–H groups in total. The van der Waals surface area contributed by atoms with Gasteiger partial charge in [-0.05, 0) is 67.1 Å². The molecule has 5 nitrogen and oxygen atoms in total. The number of carbonyl (C=O) groups is 1. The molecule has 150 valence electrons. The number of amides is 1. The van der Waals surface area contributed by atoms with Crippen LogP contribution >= 0.6 is 15.9 Å². The second-order valence-electron chi connectivity index (χ2n) is 7.39. The molecule has 3 rings (SSSR count). The van der Waals surface area contributed by atoms with Crippen LogP contribution in [0.5, 0.6) is 0 Å². The molecule has 0 unspecified atom stereocenters. The second kappa shape index (κ2) is 8.53. The van der Waals surface area contributed by atoms with E-state index in [1.54, 1.807) is 6.20 Å². The van der Waals surface area contributed by atoms with Crippen molar-refractivity contribution in [3.05, 3.63) is 58.2 Å². The standard InChI is InChI=1S/C20H23BrF2N4O/c1-26(2)13-20(25-19(28)18-15(22)4-3-5-16(18)23)8-10-27(11-9-20)17-7-6-14(21)12-24-17/h3-7,12H,8-11,13H2,1-2H3,(H,25,28). The maximum Gasteiger partial charge on any atom is 0.257 e. The van der Waals surface area contributed by atoms with Gasteiger partial charge in [-0.1, -0.05) is 6.07 Å². The fraction of sp³-hybridized carbons (Fsp3) is 0.400. The SMILES string of the molecule is CN(C)CC1(NC(=O)c2c(F)cccc2F)CCN(c2ccc(Br)cn2)CC1. The Balaban J connectivity index is 1.77. The normalized spacial score (nSPS) is 16.3. The van der Waals surface area contributed by atoms with E-state index in [4.69, 9.17) is 0 Å². The van der Waals surface area contributed by atoms with Gasteiger partial charge in [-0.2, -0.15) is 0 Å². The van der Waals surface area contributed by atoms with Gasteiger partial charge in [0.2, 0.25) is 0 Å². The Morgan fingerprint density at radius 2 is 1.86 bits per heavy atom. The van der Waals surface area contributed by atoms with Crippen molar-refractivity contribution in [2.24, 2.45) is 0 Å². The number of halogens is 3. The Hall–Kier alpha value is -2.06. The van der Waals surface area contributed by atoms with E-state index < -0.39 is 28.6 Å². The smallest absolute Gasteiger partial charge is 0.257 e. The molecule has 0 spiro atoms. The number of benzene rings is 1. The Kier molecular flexibility index (Phi) is 6.30. The topological polar surface area (TPSA) is 48.5 Å². The van der Waals surface area contributed by atoms with Gasteiger partial charge in [0.15, 0.2) is 0 Å². The zero-order valence-corrected chi connectivity index (χ0v) is 17.5. The summed E-state index contributed by atoms with van der Waals surface area (Å²) in [6.07, 6.45) is 3.04. The lowest BCUT2D eigenvalue weighted by atomic mass is 9.86. The predicted octanol–water partition coefficient (Wildman–Crippen LogP) is 3.45. The quantitative estimate of drug-likeness (QED) is 0.754. The first-order valence-electron chi connectivity index (χ1n) is 9.07. The molecule has 1 saturated heterocycles. The van der Waals surface area contributed by atoms with Crippen LogP contribution in [-0.2, 0) is 0 Å². The largest absolute Gasteiger partial charge is 0.356 e. The van der Waals surface area contributed by atoms with Crippen molar-refractivity contribution in [1.29, 1.82) is 0 Å². The van der Waals surface area contributed by atoms with Crippen LogP contribution in [0.25, 0.3) is 0 Å². The van der Waals surface area contributed by atoms with E-state index >= 15 is 0 Å². The average Bonchev–Trinajstić information content (AvgIpc) is 2.62. The summed E-state index contributed by atoms with van der Waals surface area (Å²) in [6, 6.07) is 7.32. The van der Waals surface area contributed by atoms with Gasteiger partial charge < -0.3 is 15.1 Å². The van der Waals surface area contributed by atoms with Crippen molar-refractivity contribution >= 4 is 27.7 Å². The van der Waals surface area contributed by atoms with Crippen molar-refractivity contribution in [3.63, 3.8) is 0 Å². The van der Waals surface area contributed by atoms with Crippen molar-refractivity contribution in [1.82, 2.24) is 15.2 Å². The molecule has 28 heavy (non-hydrogen) atoms. The lowest BCUT2D eigenvalue weighted by molar-refractivity contribution is 0.0844. The number of anilines is 1. The Morgan fingerprint density at radius 1 is 1.21 bits per heavy atom. The molecule has 1 aliphatic rings. The van der Waals surface area contributed by atoms with Crippen LogP contribution in [0, 0.1) is 11.6 Å². The maximum absolute atomic E-state index is 14.0. The molecule has 1 aliphatic heterocycles. The third kappa shape index (κ3) is 4.67. The van der Waals surface area contributed by atoms with Gasteiger partial charge in [0.1, 0.15) is 23.0 Å². The van der Waals surface area contributed by atoms with Gasteiger partial charge in [-0.25, -0.2) is 13.8 Å². The number of pyridine rings is 1. The first-order valence-corrected chi connectivity index (χ1v) is 9.87. The number of likely N-dealkylation sites (N-methyl/N-ethyl adjacent to an activating group) is 1. The van der Waals surface area contributed by atoms with E-state index in [9.17, 15) is 13.6 Å². The molecular weight excluding hydrogens is 430 g/mol. The Labute approximate surface area is 171 Å². The predicted molar refractivity (Wildman–Crippen MR) is 108 cm³/mol. The number of nitrogens with one attached hydrogen (secondary N) is 1. The number of aromatic nitrogens is 1. The molecule has 1 aromatic heterocycles. The molecule has 0 radical (unpaired) electrons. The minimum Gasteiger partial charge on any atom is -0.356 e. The van der Waals surface area contributed by atoms with Crippen LogP contribution in [0.4, 0.5) is 14.6 Å².